The number of carbonyl (C=O) groups excluding carboxylic acids is 4. The monoisotopic (exact) mass is 624 g/mol. The van der Waals surface area contributed by atoms with Gasteiger partial charge in [-0.3, -0.25) is 19.2 Å². The highest BCUT2D eigenvalue weighted by molar-refractivity contribution is 5.95. The van der Waals surface area contributed by atoms with Gasteiger partial charge in [0.1, 0.15) is 17.9 Å². The lowest BCUT2D eigenvalue weighted by atomic mass is 10.0. The van der Waals surface area contributed by atoms with Crippen molar-refractivity contribution in [2.45, 2.75) is 70.6 Å². The van der Waals surface area contributed by atoms with E-state index in [-0.39, 0.29) is 25.8 Å². The molecule has 4 aromatic rings. The molecule has 0 spiro atoms. The summed E-state index contributed by atoms with van der Waals surface area (Å²) < 4.78 is 13.6. The summed E-state index contributed by atoms with van der Waals surface area (Å²) in [6, 6.07) is 26.5. The molecule has 0 aromatic heterocycles. The number of hydrogen-bond acceptors (Lipinski definition) is 4. The zero-order valence-electron chi connectivity index (χ0n) is 26.4. The lowest BCUT2D eigenvalue weighted by molar-refractivity contribution is -0.134. The number of halogens is 1. The van der Waals surface area contributed by atoms with Gasteiger partial charge in [0.15, 0.2) is 0 Å². The number of fused-ring (bicyclic) bond motifs is 1. The van der Waals surface area contributed by atoms with Crippen molar-refractivity contribution in [2.75, 3.05) is 0 Å². The number of hydrogen-bond donors (Lipinski definition) is 4. The minimum atomic E-state index is -1.23. The average Bonchev–Trinajstić information content (AvgIpc) is 3.02. The second-order valence-corrected chi connectivity index (χ2v) is 12.4. The average molecular weight is 625 g/mol. The van der Waals surface area contributed by atoms with Gasteiger partial charge in [-0.25, -0.2) is 4.39 Å². The van der Waals surface area contributed by atoms with Gasteiger partial charge in [-0.05, 0) is 66.8 Å². The summed E-state index contributed by atoms with van der Waals surface area (Å²) in [6.07, 6.45) is 0.315. The molecule has 4 aromatic carbocycles. The van der Waals surface area contributed by atoms with Crippen LogP contribution < -0.4 is 21.3 Å². The maximum Gasteiger partial charge on any atom is 0.243 e. The van der Waals surface area contributed by atoms with Crippen LogP contribution in [0.5, 0.6) is 0 Å². The molecule has 0 bridgehead atoms. The predicted molar refractivity (Wildman–Crippen MR) is 177 cm³/mol. The molecule has 0 aliphatic carbocycles. The van der Waals surface area contributed by atoms with Gasteiger partial charge >= 0.3 is 0 Å². The van der Waals surface area contributed by atoms with Gasteiger partial charge in [0.25, 0.3) is 0 Å². The molecule has 0 heterocycles. The summed E-state index contributed by atoms with van der Waals surface area (Å²) in [4.78, 5) is 53.2. The fourth-order valence-electron chi connectivity index (χ4n) is 5.12. The van der Waals surface area contributed by atoms with E-state index in [1.54, 1.807) is 12.1 Å². The first-order chi connectivity index (χ1) is 22.0. The molecular formula is C37H41FN4O4. The quantitative estimate of drug-likeness (QED) is 0.172. The second kappa shape index (κ2) is 15.8. The van der Waals surface area contributed by atoms with Crippen LogP contribution in [0.2, 0.25) is 0 Å². The zero-order valence-corrected chi connectivity index (χ0v) is 26.4. The molecule has 9 heteroatoms. The van der Waals surface area contributed by atoms with E-state index in [1.165, 1.54) is 12.1 Å². The molecule has 4 rings (SSSR count). The Morgan fingerprint density at radius 3 is 2.09 bits per heavy atom. The highest BCUT2D eigenvalue weighted by Crippen LogP contribution is 2.18. The standard InChI is InChI=1S/C37H41FN4O4/c1-37(2,3)42-34(44)23-32(40-33(43)21-18-25-10-5-4-6-11-25)36(46)41-31(22-26-16-19-29(38)20-17-26)35(45)39-24-28-14-9-13-27-12-7-8-15-30(27)28/h4-17,19-20,31-32H,18,21-24H2,1-3H3,(H,39,45)(H,40,43)(H,41,46)(H,42,44)/t31?,32-/m0/s1. The SMILES string of the molecule is CC(C)(C)NC(=O)C[C@H](NC(=O)CCc1ccccc1)C(=O)NC(Cc1ccc(F)cc1)C(=O)NCc1cccc2ccccc12. The third-order valence-electron chi connectivity index (χ3n) is 7.36. The summed E-state index contributed by atoms with van der Waals surface area (Å²) in [5.74, 6) is -2.38. The Labute approximate surface area is 269 Å². The van der Waals surface area contributed by atoms with Crippen LogP contribution in [0.4, 0.5) is 4.39 Å². The number of aryl methyl sites for hydroxylation is 1. The molecule has 4 amide bonds. The minimum absolute atomic E-state index is 0.0657. The van der Waals surface area contributed by atoms with Crippen molar-refractivity contribution in [2.24, 2.45) is 0 Å². The molecule has 0 saturated carbocycles. The summed E-state index contributed by atoms with van der Waals surface area (Å²) in [5, 5.41) is 13.2. The van der Waals surface area contributed by atoms with Gasteiger partial charge in [-0.15, -0.1) is 0 Å². The van der Waals surface area contributed by atoms with Gasteiger partial charge in [0, 0.05) is 24.9 Å². The van der Waals surface area contributed by atoms with Crippen LogP contribution in [0.15, 0.2) is 97.1 Å². The van der Waals surface area contributed by atoms with E-state index >= 15 is 0 Å². The number of carbonyl (C=O) groups is 4. The van der Waals surface area contributed by atoms with E-state index in [0.29, 0.717) is 12.0 Å². The molecule has 0 saturated heterocycles. The summed E-state index contributed by atoms with van der Waals surface area (Å²) >= 11 is 0. The van der Waals surface area contributed by atoms with Crippen molar-refractivity contribution in [1.29, 1.82) is 0 Å². The van der Waals surface area contributed by atoms with Crippen molar-refractivity contribution < 1.29 is 23.6 Å². The highest BCUT2D eigenvalue weighted by Gasteiger charge is 2.29. The van der Waals surface area contributed by atoms with Crippen LogP contribution in [-0.4, -0.2) is 41.3 Å². The van der Waals surface area contributed by atoms with E-state index in [1.807, 2.05) is 93.6 Å². The van der Waals surface area contributed by atoms with Gasteiger partial charge in [-0.1, -0.05) is 84.9 Å². The Balaban J connectivity index is 1.51. The van der Waals surface area contributed by atoms with Crippen molar-refractivity contribution in [1.82, 2.24) is 21.3 Å². The molecule has 4 N–H and O–H groups in total. The lowest BCUT2D eigenvalue weighted by Crippen LogP contribution is -2.56. The Morgan fingerprint density at radius 1 is 0.696 bits per heavy atom. The van der Waals surface area contributed by atoms with Gasteiger partial charge in [0.2, 0.25) is 23.6 Å². The van der Waals surface area contributed by atoms with E-state index < -0.39 is 47.1 Å². The predicted octanol–water partition coefficient (Wildman–Crippen LogP) is 4.75. The fraction of sp³-hybridized carbons (Fsp3) is 0.297. The Kier molecular flexibility index (Phi) is 11.6. The molecular weight excluding hydrogens is 583 g/mol. The van der Waals surface area contributed by atoms with Crippen molar-refractivity contribution >= 4 is 34.4 Å². The van der Waals surface area contributed by atoms with E-state index in [4.69, 9.17) is 0 Å². The summed E-state index contributed by atoms with van der Waals surface area (Å²) in [6.45, 7) is 5.66. The van der Waals surface area contributed by atoms with Crippen LogP contribution in [0.3, 0.4) is 0 Å². The van der Waals surface area contributed by atoms with Gasteiger partial charge < -0.3 is 21.3 Å². The van der Waals surface area contributed by atoms with Gasteiger partial charge in [-0.2, -0.15) is 0 Å². The maximum atomic E-state index is 13.7. The molecule has 0 aliphatic heterocycles. The summed E-state index contributed by atoms with van der Waals surface area (Å²) in [5.41, 5.74) is 1.94. The van der Waals surface area contributed by atoms with Crippen LogP contribution in [0.25, 0.3) is 10.8 Å². The number of amides is 4. The second-order valence-electron chi connectivity index (χ2n) is 12.4. The van der Waals surface area contributed by atoms with Crippen molar-refractivity contribution in [3.8, 4) is 0 Å². The molecule has 240 valence electrons. The fourth-order valence-corrected chi connectivity index (χ4v) is 5.12. The molecule has 0 fully saturated rings. The van der Waals surface area contributed by atoms with Crippen molar-refractivity contribution in [3.05, 3.63) is 120 Å². The van der Waals surface area contributed by atoms with E-state index in [2.05, 4.69) is 21.3 Å². The largest absolute Gasteiger partial charge is 0.351 e. The van der Waals surface area contributed by atoms with E-state index in [9.17, 15) is 23.6 Å². The zero-order chi connectivity index (χ0) is 33.1. The first-order valence-corrected chi connectivity index (χ1v) is 15.4. The van der Waals surface area contributed by atoms with Crippen LogP contribution in [0, 0.1) is 5.82 Å². The molecule has 0 aliphatic rings. The Hall–Kier alpha value is -5.05. The third-order valence-corrected chi connectivity index (χ3v) is 7.36. The smallest absolute Gasteiger partial charge is 0.243 e. The maximum absolute atomic E-state index is 13.7. The Morgan fingerprint density at radius 2 is 1.37 bits per heavy atom. The topological polar surface area (TPSA) is 116 Å². The van der Waals surface area contributed by atoms with E-state index in [0.717, 1.165) is 21.9 Å². The third kappa shape index (κ3) is 10.5. The van der Waals surface area contributed by atoms with Crippen molar-refractivity contribution in [3.63, 3.8) is 0 Å². The van der Waals surface area contributed by atoms with Crippen LogP contribution >= 0.6 is 0 Å². The molecule has 46 heavy (non-hydrogen) atoms. The Bertz CT molecular complexity index is 1650. The van der Waals surface area contributed by atoms with Crippen LogP contribution in [0.1, 0.15) is 50.3 Å². The molecule has 0 radical (unpaired) electrons. The van der Waals surface area contributed by atoms with Gasteiger partial charge in [0.05, 0.1) is 6.42 Å². The first-order valence-electron chi connectivity index (χ1n) is 15.4. The summed E-state index contributed by atoms with van der Waals surface area (Å²) in [7, 11) is 0. The number of benzene rings is 4. The van der Waals surface area contributed by atoms with Crippen LogP contribution in [-0.2, 0) is 38.6 Å². The first kappa shape index (κ1) is 33.8. The molecule has 1 unspecified atom stereocenters. The normalized spacial score (nSPS) is 12.5. The molecule has 8 nitrogen and oxygen atoms in total. The lowest BCUT2D eigenvalue weighted by Gasteiger charge is -2.25. The number of rotatable bonds is 13. The minimum Gasteiger partial charge on any atom is -0.351 e. The number of nitrogens with one attached hydrogen (secondary N) is 4. The molecule has 2 atom stereocenters. The highest BCUT2D eigenvalue weighted by atomic mass is 19.1.